The smallest absolute Gasteiger partial charge is 0.110 e. The van der Waals surface area contributed by atoms with Gasteiger partial charge in [-0.25, -0.2) is 0 Å². The predicted octanol–water partition coefficient (Wildman–Crippen LogP) is 2.09. The summed E-state index contributed by atoms with van der Waals surface area (Å²) in [6.45, 7) is 2.02. The molecule has 0 saturated heterocycles. The van der Waals surface area contributed by atoms with Gasteiger partial charge < -0.3 is 9.84 Å². The van der Waals surface area contributed by atoms with Crippen LogP contribution in [0.25, 0.3) is 10.9 Å². The maximum absolute atomic E-state index is 10.2. The van der Waals surface area contributed by atoms with Crippen molar-refractivity contribution in [1.29, 1.82) is 0 Å². The fraction of sp³-hybridized carbons (Fsp3) is 0.308. The predicted molar refractivity (Wildman–Crippen MR) is 63.2 cm³/mol. The number of methoxy groups -OCH3 is 1. The molecule has 2 rings (SSSR count). The van der Waals surface area contributed by atoms with Crippen LogP contribution in [0.2, 0.25) is 0 Å². The van der Waals surface area contributed by atoms with E-state index >= 15 is 0 Å². The van der Waals surface area contributed by atoms with Gasteiger partial charge >= 0.3 is 0 Å². The molecule has 84 valence electrons. The molecular weight excluding hydrogens is 202 g/mol. The Kier molecular flexibility index (Phi) is 2.90. The lowest BCUT2D eigenvalue weighted by Gasteiger charge is -2.23. The third-order valence-corrected chi connectivity index (χ3v) is 2.65. The zero-order valence-electron chi connectivity index (χ0n) is 9.47. The molecule has 1 atom stereocenters. The number of hydrogen-bond acceptors (Lipinski definition) is 3. The highest BCUT2D eigenvalue weighted by Gasteiger charge is 2.22. The normalized spacial score (nSPS) is 14.9. The fourth-order valence-electron chi connectivity index (χ4n) is 1.78. The van der Waals surface area contributed by atoms with Gasteiger partial charge in [0, 0.05) is 18.7 Å². The molecule has 1 aromatic carbocycles. The molecule has 16 heavy (non-hydrogen) atoms. The van der Waals surface area contributed by atoms with E-state index in [0.29, 0.717) is 0 Å². The minimum Gasteiger partial charge on any atom is -0.383 e. The van der Waals surface area contributed by atoms with Crippen molar-refractivity contribution in [3.05, 3.63) is 42.1 Å². The van der Waals surface area contributed by atoms with E-state index in [1.165, 1.54) is 0 Å². The maximum Gasteiger partial charge on any atom is 0.110 e. The zero-order chi connectivity index (χ0) is 11.6. The van der Waals surface area contributed by atoms with Crippen LogP contribution in [0.1, 0.15) is 12.5 Å². The van der Waals surface area contributed by atoms with Crippen LogP contribution in [0.4, 0.5) is 0 Å². The van der Waals surface area contributed by atoms with Gasteiger partial charge in [0.1, 0.15) is 5.60 Å². The Morgan fingerprint density at radius 1 is 1.38 bits per heavy atom. The van der Waals surface area contributed by atoms with Gasteiger partial charge in [-0.3, -0.25) is 4.98 Å². The average Bonchev–Trinajstić information content (AvgIpc) is 2.28. The minimum atomic E-state index is -0.960. The molecule has 3 heteroatoms. The zero-order valence-corrected chi connectivity index (χ0v) is 9.47. The minimum absolute atomic E-state index is 0.277. The van der Waals surface area contributed by atoms with Gasteiger partial charge in [-0.2, -0.15) is 0 Å². The van der Waals surface area contributed by atoms with E-state index in [-0.39, 0.29) is 6.61 Å². The van der Waals surface area contributed by atoms with Crippen LogP contribution in [0.5, 0.6) is 0 Å². The first-order valence-corrected chi connectivity index (χ1v) is 5.20. The maximum atomic E-state index is 10.2. The number of pyridine rings is 1. The molecule has 0 saturated carbocycles. The summed E-state index contributed by atoms with van der Waals surface area (Å²) in [6, 6.07) is 9.61. The molecule has 1 aromatic heterocycles. The van der Waals surface area contributed by atoms with E-state index in [1.54, 1.807) is 20.2 Å². The molecule has 0 aliphatic heterocycles. The molecule has 0 aliphatic carbocycles. The quantitative estimate of drug-likeness (QED) is 0.856. The topological polar surface area (TPSA) is 42.4 Å². The summed E-state index contributed by atoms with van der Waals surface area (Å²) in [7, 11) is 1.58. The Labute approximate surface area is 94.7 Å². The van der Waals surface area contributed by atoms with Gasteiger partial charge in [-0.1, -0.05) is 12.1 Å². The van der Waals surface area contributed by atoms with E-state index < -0.39 is 5.60 Å². The first kappa shape index (κ1) is 11.0. The van der Waals surface area contributed by atoms with Crippen molar-refractivity contribution in [3.63, 3.8) is 0 Å². The molecule has 3 nitrogen and oxygen atoms in total. The van der Waals surface area contributed by atoms with E-state index in [2.05, 4.69) is 4.98 Å². The monoisotopic (exact) mass is 217 g/mol. The SMILES string of the molecule is COCC(C)(O)c1ccc2ncccc2c1. The largest absolute Gasteiger partial charge is 0.383 e. The van der Waals surface area contributed by atoms with Crippen molar-refractivity contribution in [2.45, 2.75) is 12.5 Å². The third-order valence-electron chi connectivity index (χ3n) is 2.65. The van der Waals surface area contributed by atoms with Crippen LogP contribution in [-0.4, -0.2) is 23.8 Å². The number of nitrogens with zero attached hydrogens (tertiary/aromatic N) is 1. The highest BCUT2D eigenvalue weighted by atomic mass is 16.5. The van der Waals surface area contributed by atoms with Gasteiger partial charge in [0.2, 0.25) is 0 Å². The molecule has 0 spiro atoms. The van der Waals surface area contributed by atoms with E-state index in [4.69, 9.17) is 4.74 Å². The Bertz CT molecular complexity index is 494. The molecule has 1 N–H and O–H groups in total. The lowest BCUT2D eigenvalue weighted by atomic mass is 9.95. The Morgan fingerprint density at radius 3 is 2.94 bits per heavy atom. The molecule has 0 fully saturated rings. The fourth-order valence-corrected chi connectivity index (χ4v) is 1.78. The molecule has 0 aliphatic rings. The van der Waals surface area contributed by atoms with Gasteiger partial charge in [0.05, 0.1) is 12.1 Å². The van der Waals surface area contributed by atoms with E-state index in [1.807, 2.05) is 30.3 Å². The summed E-state index contributed by atoms with van der Waals surface area (Å²) in [6.07, 6.45) is 1.76. The van der Waals surface area contributed by atoms with Crippen LogP contribution in [0.3, 0.4) is 0 Å². The Balaban J connectivity index is 2.46. The van der Waals surface area contributed by atoms with Crippen molar-refractivity contribution in [2.75, 3.05) is 13.7 Å². The highest BCUT2D eigenvalue weighted by molar-refractivity contribution is 5.79. The van der Waals surface area contributed by atoms with Crippen molar-refractivity contribution >= 4 is 10.9 Å². The van der Waals surface area contributed by atoms with E-state index in [0.717, 1.165) is 16.5 Å². The molecule has 2 aromatic rings. The summed E-state index contributed by atoms with van der Waals surface area (Å²) in [5.41, 5.74) is 0.813. The number of ether oxygens (including phenoxy) is 1. The van der Waals surface area contributed by atoms with Crippen molar-refractivity contribution < 1.29 is 9.84 Å². The number of rotatable bonds is 3. The van der Waals surface area contributed by atoms with Crippen LogP contribution in [0, 0.1) is 0 Å². The standard InChI is InChI=1S/C13H15NO2/c1-13(15,9-16-2)11-5-6-12-10(8-11)4-3-7-14-12/h3-8,15H,9H2,1-2H3. The number of aromatic nitrogens is 1. The summed E-state index contributed by atoms with van der Waals surface area (Å²) in [5.74, 6) is 0. The second-order valence-corrected chi connectivity index (χ2v) is 4.12. The van der Waals surface area contributed by atoms with Crippen LogP contribution in [-0.2, 0) is 10.3 Å². The molecule has 1 heterocycles. The summed E-state index contributed by atoms with van der Waals surface area (Å²) in [4.78, 5) is 4.24. The summed E-state index contributed by atoms with van der Waals surface area (Å²) in [5, 5.41) is 11.2. The molecule has 0 amide bonds. The number of fused-ring (bicyclic) bond motifs is 1. The van der Waals surface area contributed by atoms with Crippen molar-refractivity contribution in [1.82, 2.24) is 4.98 Å². The van der Waals surface area contributed by atoms with Crippen LogP contribution in [0.15, 0.2) is 36.5 Å². The molecule has 1 unspecified atom stereocenters. The summed E-state index contributed by atoms with van der Waals surface area (Å²) >= 11 is 0. The highest BCUT2D eigenvalue weighted by Crippen LogP contribution is 2.24. The number of aliphatic hydroxyl groups is 1. The first-order chi connectivity index (χ1) is 7.63. The van der Waals surface area contributed by atoms with Gasteiger partial charge in [-0.15, -0.1) is 0 Å². The Morgan fingerprint density at radius 2 is 2.19 bits per heavy atom. The van der Waals surface area contributed by atoms with Gasteiger partial charge in [-0.05, 0) is 30.7 Å². The summed E-state index contributed by atoms with van der Waals surface area (Å²) < 4.78 is 5.01. The third kappa shape index (κ3) is 2.05. The molecular formula is C13H15NO2. The van der Waals surface area contributed by atoms with Crippen LogP contribution < -0.4 is 0 Å². The lowest BCUT2D eigenvalue weighted by molar-refractivity contribution is -0.0207. The number of hydrogen-bond donors (Lipinski definition) is 1. The molecule has 0 radical (unpaired) electrons. The number of benzene rings is 1. The van der Waals surface area contributed by atoms with Gasteiger partial charge in [0.25, 0.3) is 0 Å². The molecule has 0 bridgehead atoms. The van der Waals surface area contributed by atoms with Crippen molar-refractivity contribution in [3.8, 4) is 0 Å². The van der Waals surface area contributed by atoms with Crippen molar-refractivity contribution in [2.24, 2.45) is 0 Å². The first-order valence-electron chi connectivity index (χ1n) is 5.20. The lowest BCUT2D eigenvalue weighted by Crippen LogP contribution is -2.26. The van der Waals surface area contributed by atoms with Crippen LogP contribution >= 0.6 is 0 Å². The average molecular weight is 217 g/mol. The van der Waals surface area contributed by atoms with E-state index in [9.17, 15) is 5.11 Å². The Hall–Kier alpha value is -1.45. The second kappa shape index (κ2) is 4.20. The second-order valence-electron chi connectivity index (χ2n) is 4.12. The van der Waals surface area contributed by atoms with Gasteiger partial charge in [0.15, 0.2) is 0 Å².